The van der Waals surface area contributed by atoms with Gasteiger partial charge in [0.25, 0.3) is 10.0 Å². The third-order valence-corrected chi connectivity index (χ3v) is 7.53. The van der Waals surface area contributed by atoms with Crippen molar-refractivity contribution in [2.45, 2.75) is 35.8 Å². The third-order valence-electron chi connectivity index (χ3n) is 4.01. The van der Waals surface area contributed by atoms with Crippen LogP contribution in [-0.2, 0) is 14.8 Å². The lowest BCUT2D eigenvalue weighted by Gasteiger charge is -2.41. The van der Waals surface area contributed by atoms with E-state index in [4.69, 9.17) is 5.11 Å². The standard InChI is InChI=1S/C13H16F3NO5S2/c1-8-6-9(23-10(8)11(18)19)24(20,21)17-5-3-4-12(7-17,22-2)13(14,15)16/h6H,3-5,7H2,1-2H3,(H,18,19). The van der Waals surface area contributed by atoms with Crippen LogP contribution in [0.2, 0.25) is 0 Å². The summed E-state index contributed by atoms with van der Waals surface area (Å²) in [5.41, 5.74) is -2.31. The van der Waals surface area contributed by atoms with Gasteiger partial charge in [0.1, 0.15) is 9.09 Å². The minimum atomic E-state index is -4.71. The lowest BCUT2D eigenvalue weighted by Crippen LogP contribution is -2.59. The highest BCUT2D eigenvalue weighted by atomic mass is 32.2. The molecule has 0 aromatic carbocycles. The second kappa shape index (κ2) is 6.28. The molecule has 0 aliphatic carbocycles. The second-order valence-corrected chi connectivity index (χ2v) is 8.74. The number of halogens is 3. The topological polar surface area (TPSA) is 83.9 Å². The number of nitrogens with zero attached hydrogens (tertiary/aromatic N) is 1. The van der Waals surface area contributed by atoms with Crippen molar-refractivity contribution >= 4 is 27.3 Å². The smallest absolute Gasteiger partial charge is 0.418 e. The Balaban J connectivity index is 2.39. The minimum absolute atomic E-state index is 0.0112. The van der Waals surface area contributed by atoms with E-state index in [-0.39, 0.29) is 34.0 Å². The number of alkyl halides is 3. The number of ether oxygens (including phenoxy) is 1. The van der Waals surface area contributed by atoms with E-state index in [2.05, 4.69) is 4.74 Å². The maximum absolute atomic E-state index is 13.3. The summed E-state index contributed by atoms with van der Waals surface area (Å²) >= 11 is 0.532. The fourth-order valence-corrected chi connectivity index (χ4v) is 5.68. The number of piperidine rings is 1. The van der Waals surface area contributed by atoms with Crippen LogP contribution in [0, 0.1) is 6.92 Å². The lowest BCUT2D eigenvalue weighted by atomic mass is 9.93. The number of carboxylic acid groups (broad SMARTS) is 1. The van der Waals surface area contributed by atoms with Crippen molar-refractivity contribution in [2.75, 3.05) is 20.2 Å². The van der Waals surface area contributed by atoms with Gasteiger partial charge < -0.3 is 9.84 Å². The molecule has 1 aromatic rings. The third kappa shape index (κ3) is 3.17. The van der Waals surface area contributed by atoms with Gasteiger partial charge in [-0.1, -0.05) is 0 Å². The molecule has 1 aromatic heterocycles. The lowest BCUT2D eigenvalue weighted by molar-refractivity contribution is -0.279. The van der Waals surface area contributed by atoms with E-state index in [0.29, 0.717) is 15.6 Å². The van der Waals surface area contributed by atoms with E-state index < -0.39 is 34.3 Å². The Morgan fingerprint density at radius 1 is 1.46 bits per heavy atom. The molecule has 24 heavy (non-hydrogen) atoms. The highest BCUT2D eigenvalue weighted by Gasteiger charge is 2.58. The Kier molecular flexibility index (Phi) is 5.01. The van der Waals surface area contributed by atoms with E-state index in [1.165, 1.54) is 13.0 Å². The molecule has 0 spiro atoms. The molecule has 1 aliphatic heterocycles. The van der Waals surface area contributed by atoms with E-state index >= 15 is 0 Å². The van der Waals surface area contributed by atoms with E-state index in [9.17, 15) is 26.4 Å². The molecular weight excluding hydrogens is 371 g/mol. The molecule has 1 saturated heterocycles. The molecule has 11 heteroatoms. The van der Waals surface area contributed by atoms with Gasteiger partial charge in [-0.2, -0.15) is 17.5 Å². The number of hydrogen-bond donors (Lipinski definition) is 1. The van der Waals surface area contributed by atoms with E-state index in [0.717, 1.165) is 7.11 Å². The summed E-state index contributed by atoms with van der Waals surface area (Å²) in [4.78, 5) is 10.9. The van der Waals surface area contributed by atoms with Gasteiger partial charge in [-0.3, -0.25) is 0 Å². The number of hydrogen-bond acceptors (Lipinski definition) is 5. The summed E-state index contributed by atoms with van der Waals surface area (Å²) in [6, 6.07) is 1.17. The van der Waals surface area contributed by atoms with Crippen LogP contribution in [0.15, 0.2) is 10.3 Å². The van der Waals surface area contributed by atoms with Gasteiger partial charge >= 0.3 is 12.1 Å². The van der Waals surface area contributed by atoms with Crippen LogP contribution in [0.4, 0.5) is 13.2 Å². The molecule has 0 radical (unpaired) electrons. The fourth-order valence-electron chi connectivity index (χ4n) is 2.62. The maximum atomic E-state index is 13.3. The van der Waals surface area contributed by atoms with Crippen molar-refractivity contribution in [3.8, 4) is 0 Å². The average Bonchev–Trinajstić information content (AvgIpc) is 2.89. The van der Waals surface area contributed by atoms with Gasteiger partial charge in [0.2, 0.25) is 0 Å². The predicted octanol–water partition coefficient (Wildman–Crippen LogP) is 2.49. The van der Waals surface area contributed by atoms with Crippen LogP contribution in [0.1, 0.15) is 28.1 Å². The molecule has 2 heterocycles. The number of carboxylic acids is 1. The summed E-state index contributed by atoms with van der Waals surface area (Å²) < 4.78 is 70.3. The van der Waals surface area contributed by atoms with Crippen molar-refractivity contribution in [3.05, 3.63) is 16.5 Å². The molecule has 6 nitrogen and oxygen atoms in total. The van der Waals surface area contributed by atoms with E-state index in [1.807, 2.05) is 0 Å². The van der Waals surface area contributed by atoms with Crippen LogP contribution in [0.3, 0.4) is 0 Å². The van der Waals surface area contributed by atoms with Gasteiger partial charge in [0, 0.05) is 13.7 Å². The Labute approximate surface area is 140 Å². The first kappa shape index (κ1) is 19.2. The van der Waals surface area contributed by atoms with Gasteiger partial charge in [-0.15, -0.1) is 11.3 Å². The number of carbonyl (C=O) groups is 1. The summed E-state index contributed by atoms with van der Waals surface area (Å²) in [6.07, 6.45) is -5.06. The Bertz CT molecular complexity index is 743. The summed E-state index contributed by atoms with van der Waals surface area (Å²) in [7, 11) is -3.33. The molecule has 0 amide bonds. The molecular formula is C13H16F3NO5S2. The van der Waals surface area contributed by atoms with Crippen molar-refractivity contribution in [1.82, 2.24) is 4.31 Å². The molecule has 1 atom stereocenters. The average molecular weight is 387 g/mol. The first-order valence-electron chi connectivity index (χ1n) is 6.90. The highest BCUT2D eigenvalue weighted by Crippen LogP contribution is 2.41. The maximum Gasteiger partial charge on any atom is 0.418 e. The summed E-state index contributed by atoms with van der Waals surface area (Å²) in [6.45, 7) is 0.502. The van der Waals surface area contributed by atoms with Crippen molar-refractivity contribution in [3.63, 3.8) is 0 Å². The molecule has 2 rings (SSSR count). The largest absolute Gasteiger partial charge is 0.477 e. The van der Waals surface area contributed by atoms with Crippen LogP contribution in [0.25, 0.3) is 0 Å². The minimum Gasteiger partial charge on any atom is -0.477 e. The monoisotopic (exact) mass is 387 g/mol. The molecule has 1 fully saturated rings. The fraction of sp³-hybridized carbons (Fsp3) is 0.615. The number of aromatic carboxylic acids is 1. The molecule has 1 N–H and O–H groups in total. The molecule has 1 aliphatic rings. The zero-order valence-corrected chi connectivity index (χ0v) is 14.5. The van der Waals surface area contributed by atoms with Gasteiger partial charge in [-0.05, 0) is 31.4 Å². The first-order valence-corrected chi connectivity index (χ1v) is 9.16. The normalized spacial score (nSPS) is 23.4. The second-order valence-electron chi connectivity index (χ2n) is 5.52. The Morgan fingerprint density at radius 3 is 2.54 bits per heavy atom. The first-order chi connectivity index (χ1) is 10.9. The predicted molar refractivity (Wildman–Crippen MR) is 79.8 cm³/mol. The van der Waals surface area contributed by atoms with Crippen LogP contribution in [-0.4, -0.2) is 55.8 Å². The number of methoxy groups -OCH3 is 1. The van der Waals surface area contributed by atoms with Gasteiger partial charge in [0.05, 0.1) is 6.54 Å². The number of aryl methyl sites for hydroxylation is 1. The van der Waals surface area contributed by atoms with Crippen molar-refractivity contribution < 1.29 is 36.2 Å². The molecule has 0 saturated carbocycles. The van der Waals surface area contributed by atoms with Crippen molar-refractivity contribution in [2.24, 2.45) is 0 Å². The number of sulfonamides is 1. The van der Waals surface area contributed by atoms with Gasteiger partial charge in [-0.25, -0.2) is 13.2 Å². The summed E-state index contributed by atoms with van der Waals surface area (Å²) in [5, 5.41) is 9.02. The van der Waals surface area contributed by atoms with Gasteiger partial charge in [0.15, 0.2) is 5.60 Å². The molecule has 1 unspecified atom stereocenters. The summed E-state index contributed by atoms with van der Waals surface area (Å²) in [5.74, 6) is -1.28. The Hall–Kier alpha value is -1.17. The van der Waals surface area contributed by atoms with E-state index in [1.54, 1.807) is 0 Å². The zero-order valence-electron chi connectivity index (χ0n) is 12.9. The Morgan fingerprint density at radius 2 is 2.08 bits per heavy atom. The quantitative estimate of drug-likeness (QED) is 0.858. The van der Waals surface area contributed by atoms with Crippen LogP contribution in [0.5, 0.6) is 0 Å². The molecule has 0 bridgehead atoms. The number of thiophene rings is 1. The zero-order chi connectivity index (χ0) is 18.3. The molecule has 136 valence electrons. The number of rotatable bonds is 4. The van der Waals surface area contributed by atoms with Crippen LogP contribution < -0.4 is 0 Å². The van der Waals surface area contributed by atoms with Crippen LogP contribution >= 0.6 is 11.3 Å². The SMILES string of the molecule is COC1(C(F)(F)F)CCCN(S(=O)(=O)c2cc(C)c(C(=O)O)s2)C1. The highest BCUT2D eigenvalue weighted by molar-refractivity contribution is 7.91. The van der Waals surface area contributed by atoms with Crippen molar-refractivity contribution in [1.29, 1.82) is 0 Å².